The molecule has 5 aliphatic heterocycles. The second-order valence-electron chi connectivity index (χ2n) is 20.5. The molecule has 26 atom stereocenters. The van der Waals surface area contributed by atoms with Crippen LogP contribution in [-0.2, 0) is 47.4 Å². The predicted molar refractivity (Wildman–Crippen MR) is 257 cm³/mol. The number of ether oxygens (including phenoxy) is 10. The van der Waals surface area contributed by atoms with Gasteiger partial charge in [-0.1, -0.05) is 41.0 Å². The van der Waals surface area contributed by atoms with Gasteiger partial charge in [-0.05, 0) is 80.1 Å². The van der Waals surface area contributed by atoms with Gasteiger partial charge in [0.05, 0.1) is 44.2 Å². The Labute approximate surface area is 436 Å². The summed E-state index contributed by atoms with van der Waals surface area (Å²) < 4.78 is 57.6. The standard InChI is InChI=1S/C50H84O25/c1-8-50(7,75-48-42(65)38(61)43(28(19-52)71-48)73-46-40(63)35(58)31(54)26(6)69-46)17-11-16-23(3)13-9-12-22(2)14-10-15-24(4)20-66-49-44(74-47-41(64)36(59)32(55)27(18-51)70-47)37(60)33(56)29(72-49)21-67-45-39(62)34(57)30(53)25(5)68-45/h8,12,15-16,25-49,51-65H,1,9-11,13-14,17-21H2,2-7H3. The monoisotopic (exact) mass is 1080 g/mol. The molecule has 25 heteroatoms. The molecule has 0 aromatic carbocycles. The van der Waals surface area contributed by atoms with Gasteiger partial charge in [0, 0.05) is 0 Å². The summed E-state index contributed by atoms with van der Waals surface area (Å²) in [6.45, 7) is 12.4. The Morgan fingerprint density at radius 1 is 0.467 bits per heavy atom. The lowest BCUT2D eigenvalue weighted by molar-refractivity contribution is -0.371. The van der Waals surface area contributed by atoms with Crippen molar-refractivity contribution in [1.29, 1.82) is 0 Å². The highest BCUT2D eigenvalue weighted by Gasteiger charge is 2.53. The van der Waals surface area contributed by atoms with E-state index in [0.717, 1.165) is 29.6 Å². The van der Waals surface area contributed by atoms with Crippen LogP contribution in [0.5, 0.6) is 0 Å². The normalized spacial score (nSPS) is 44.3. The van der Waals surface area contributed by atoms with Crippen LogP contribution in [-0.4, -0.2) is 262 Å². The summed E-state index contributed by atoms with van der Waals surface area (Å²) in [5.41, 5.74) is 1.95. The molecule has 0 aliphatic carbocycles. The Hall–Kier alpha value is -2.04. The zero-order valence-corrected chi connectivity index (χ0v) is 43.3. The topological polar surface area (TPSA) is 396 Å². The molecule has 0 spiro atoms. The van der Waals surface area contributed by atoms with E-state index < -0.39 is 179 Å². The largest absolute Gasteiger partial charge is 0.394 e. The molecule has 5 saturated heterocycles. The average Bonchev–Trinajstić information content (AvgIpc) is 3.38. The lowest BCUT2D eigenvalue weighted by Gasteiger charge is -2.47. The van der Waals surface area contributed by atoms with Crippen molar-refractivity contribution >= 4 is 0 Å². The summed E-state index contributed by atoms with van der Waals surface area (Å²) in [5.74, 6) is 0. The first-order valence-electron chi connectivity index (χ1n) is 25.5. The molecule has 0 amide bonds. The average molecular weight is 1090 g/mol. The third-order valence-electron chi connectivity index (χ3n) is 14.4. The first kappa shape index (κ1) is 63.8. The molecule has 75 heavy (non-hydrogen) atoms. The summed E-state index contributed by atoms with van der Waals surface area (Å²) >= 11 is 0. The number of hydrogen-bond donors (Lipinski definition) is 15. The van der Waals surface area contributed by atoms with Crippen LogP contribution >= 0.6 is 0 Å². The Bertz CT molecular complexity index is 1840. The maximum atomic E-state index is 11.3. The molecule has 5 fully saturated rings. The number of hydrogen-bond acceptors (Lipinski definition) is 25. The van der Waals surface area contributed by atoms with Gasteiger partial charge in [-0.2, -0.15) is 0 Å². The highest BCUT2D eigenvalue weighted by atomic mass is 16.8. The molecule has 26 unspecified atom stereocenters. The van der Waals surface area contributed by atoms with Crippen molar-refractivity contribution in [1.82, 2.24) is 0 Å². The van der Waals surface area contributed by atoms with Gasteiger partial charge in [-0.15, -0.1) is 6.58 Å². The highest BCUT2D eigenvalue weighted by molar-refractivity contribution is 5.08. The van der Waals surface area contributed by atoms with E-state index in [-0.39, 0.29) is 6.61 Å². The van der Waals surface area contributed by atoms with Crippen LogP contribution in [0.4, 0.5) is 0 Å². The first-order valence-corrected chi connectivity index (χ1v) is 25.5. The number of rotatable bonds is 24. The van der Waals surface area contributed by atoms with Crippen molar-refractivity contribution in [3.63, 3.8) is 0 Å². The van der Waals surface area contributed by atoms with Crippen LogP contribution in [0.15, 0.2) is 47.6 Å². The second kappa shape index (κ2) is 28.9. The van der Waals surface area contributed by atoms with E-state index in [0.29, 0.717) is 25.7 Å². The molecule has 15 N–H and O–H groups in total. The minimum atomic E-state index is -1.85. The van der Waals surface area contributed by atoms with Gasteiger partial charge in [0.25, 0.3) is 0 Å². The minimum absolute atomic E-state index is 0.0694. The van der Waals surface area contributed by atoms with Crippen LogP contribution in [0.25, 0.3) is 0 Å². The summed E-state index contributed by atoms with van der Waals surface area (Å²) in [7, 11) is 0. The van der Waals surface area contributed by atoms with E-state index >= 15 is 0 Å². The van der Waals surface area contributed by atoms with Crippen molar-refractivity contribution in [3.8, 4) is 0 Å². The van der Waals surface area contributed by atoms with Crippen molar-refractivity contribution in [3.05, 3.63) is 47.6 Å². The van der Waals surface area contributed by atoms with E-state index in [1.54, 1.807) is 19.9 Å². The van der Waals surface area contributed by atoms with Gasteiger partial charge >= 0.3 is 0 Å². The van der Waals surface area contributed by atoms with Gasteiger partial charge in [0.2, 0.25) is 0 Å². The molecule has 0 aromatic heterocycles. The lowest BCUT2D eigenvalue weighted by Crippen LogP contribution is -2.65. The van der Waals surface area contributed by atoms with Crippen molar-refractivity contribution in [2.24, 2.45) is 0 Å². The minimum Gasteiger partial charge on any atom is -0.394 e. The van der Waals surface area contributed by atoms with Crippen molar-refractivity contribution in [2.75, 3.05) is 26.4 Å². The van der Waals surface area contributed by atoms with Gasteiger partial charge < -0.3 is 124 Å². The molecular formula is C50H84O25. The fourth-order valence-corrected chi connectivity index (χ4v) is 9.25. The van der Waals surface area contributed by atoms with E-state index in [2.05, 4.69) is 18.7 Å². The van der Waals surface area contributed by atoms with Crippen molar-refractivity contribution in [2.45, 2.75) is 239 Å². The summed E-state index contributed by atoms with van der Waals surface area (Å²) in [6, 6.07) is 0. The number of aliphatic hydroxyl groups is 15. The Morgan fingerprint density at radius 2 is 0.907 bits per heavy atom. The maximum absolute atomic E-state index is 11.3. The Morgan fingerprint density at radius 3 is 1.48 bits per heavy atom. The van der Waals surface area contributed by atoms with Gasteiger partial charge in [0.15, 0.2) is 31.5 Å². The van der Waals surface area contributed by atoms with Crippen LogP contribution < -0.4 is 0 Å². The molecular weight excluding hydrogens is 1000 g/mol. The van der Waals surface area contributed by atoms with Crippen LogP contribution in [0.1, 0.15) is 80.1 Å². The smallest absolute Gasteiger partial charge is 0.187 e. The molecule has 0 aromatic rings. The summed E-state index contributed by atoms with van der Waals surface area (Å²) in [5, 5.41) is 157. The Kier molecular flexibility index (Phi) is 24.6. The molecule has 5 heterocycles. The van der Waals surface area contributed by atoms with Crippen LogP contribution in [0.2, 0.25) is 0 Å². The summed E-state index contributed by atoms with van der Waals surface area (Å²) in [6.07, 6.45) is -26.3. The zero-order chi connectivity index (χ0) is 55.6. The number of allylic oxidation sites excluding steroid dienone is 5. The van der Waals surface area contributed by atoms with Gasteiger partial charge in [-0.3, -0.25) is 0 Å². The van der Waals surface area contributed by atoms with E-state index in [1.807, 2.05) is 19.9 Å². The quantitative estimate of drug-likeness (QED) is 0.0413. The third kappa shape index (κ3) is 16.3. The van der Waals surface area contributed by atoms with E-state index in [9.17, 15) is 76.6 Å². The number of aliphatic hydroxyl groups excluding tert-OH is 15. The SMILES string of the molecule is C=CC(C)(CCC=C(C)CCC=C(C)CCC=C(C)COC1OC(COC2OC(C)C(O)C(O)C2O)C(O)C(O)C1OC1OC(CO)C(O)C(O)C1O)OC1OC(CO)C(OC2OC(C)C(O)C(O)C2O)C(O)C1O. The highest BCUT2D eigenvalue weighted by Crippen LogP contribution is 2.34. The van der Waals surface area contributed by atoms with Crippen molar-refractivity contribution < 1.29 is 124 Å². The zero-order valence-electron chi connectivity index (χ0n) is 43.3. The third-order valence-corrected chi connectivity index (χ3v) is 14.4. The molecule has 434 valence electrons. The molecule has 25 nitrogen and oxygen atoms in total. The first-order chi connectivity index (χ1) is 35.4. The van der Waals surface area contributed by atoms with E-state index in [4.69, 9.17) is 47.4 Å². The molecule has 5 aliphatic rings. The Balaban J connectivity index is 1.10. The van der Waals surface area contributed by atoms with Gasteiger partial charge in [0.1, 0.15) is 110 Å². The molecule has 5 rings (SSSR count). The fraction of sp³-hybridized carbons (Fsp3) is 0.840. The van der Waals surface area contributed by atoms with Crippen LogP contribution in [0.3, 0.4) is 0 Å². The molecule has 0 radical (unpaired) electrons. The second-order valence-corrected chi connectivity index (χ2v) is 20.5. The van der Waals surface area contributed by atoms with E-state index in [1.165, 1.54) is 13.8 Å². The van der Waals surface area contributed by atoms with Crippen LogP contribution in [0, 0.1) is 0 Å². The lowest BCUT2D eigenvalue weighted by atomic mass is 9.95. The molecule has 0 bridgehead atoms. The summed E-state index contributed by atoms with van der Waals surface area (Å²) in [4.78, 5) is 0. The maximum Gasteiger partial charge on any atom is 0.187 e. The van der Waals surface area contributed by atoms with Gasteiger partial charge in [-0.25, -0.2) is 0 Å². The fourth-order valence-electron chi connectivity index (χ4n) is 9.25. The predicted octanol–water partition coefficient (Wildman–Crippen LogP) is -3.73. The molecule has 0 saturated carbocycles.